The van der Waals surface area contributed by atoms with E-state index in [-0.39, 0.29) is 5.41 Å². The zero-order valence-electron chi connectivity index (χ0n) is 14.6. The zero-order valence-corrected chi connectivity index (χ0v) is 14.6. The second-order valence-electron chi connectivity index (χ2n) is 8.22. The van der Waals surface area contributed by atoms with Gasteiger partial charge in [0.1, 0.15) is 11.6 Å². The lowest BCUT2D eigenvalue weighted by Gasteiger charge is -2.34. The van der Waals surface area contributed by atoms with Gasteiger partial charge in [0, 0.05) is 23.9 Å². The van der Waals surface area contributed by atoms with Crippen LogP contribution in [-0.4, -0.2) is 16.5 Å². The molecule has 0 bridgehead atoms. The van der Waals surface area contributed by atoms with E-state index in [1.54, 1.807) is 0 Å². The lowest BCUT2D eigenvalue weighted by Crippen LogP contribution is -2.23. The maximum Gasteiger partial charge on any atom is 0.134 e. The Labute approximate surface area is 130 Å². The van der Waals surface area contributed by atoms with Crippen molar-refractivity contribution in [3.63, 3.8) is 0 Å². The topological polar surface area (TPSA) is 37.8 Å². The van der Waals surface area contributed by atoms with Crippen molar-refractivity contribution in [2.24, 2.45) is 5.41 Å². The summed E-state index contributed by atoms with van der Waals surface area (Å²) >= 11 is 0. The summed E-state index contributed by atoms with van der Waals surface area (Å²) in [5.41, 5.74) is 1.70. The highest BCUT2D eigenvalue weighted by Crippen LogP contribution is 2.42. The highest BCUT2D eigenvalue weighted by atomic mass is 15.0. The van der Waals surface area contributed by atoms with Gasteiger partial charge in [-0.1, -0.05) is 34.6 Å². The van der Waals surface area contributed by atoms with Gasteiger partial charge in [-0.15, -0.1) is 0 Å². The van der Waals surface area contributed by atoms with Gasteiger partial charge in [0.05, 0.1) is 5.69 Å². The Bertz CT molecular complexity index is 476. The normalized spacial score (nSPS) is 19.5. The maximum absolute atomic E-state index is 4.91. The predicted molar refractivity (Wildman–Crippen MR) is 89.9 cm³/mol. The fourth-order valence-corrected chi connectivity index (χ4v) is 2.96. The molecule has 1 heterocycles. The third-order valence-corrected chi connectivity index (χ3v) is 4.57. The molecule has 0 amide bonds. The summed E-state index contributed by atoms with van der Waals surface area (Å²) in [6.07, 6.45) is 4.98. The van der Waals surface area contributed by atoms with Crippen molar-refractivity contribution < 1.29 is 0 Å². The van der Waals surface area contributed by atoms with Crippen LogP contribution in [-0.2, 0) is 5.41 Å². The Morgan fingerprint density at radius 1 is 1.19 bits per heavy atom. The highest BCUT2D eigenvalue weighted by Gasteiger charge is 2.30. The lowest BCUT2D eigenvalue weighted by atomic mass is 9.73. The minimum atomic E-state index is 0.0653. The number of hydrogen-bond acceptors (Lipinski definition) is 3. The van der Waals surface area contributed by atoms with E-state index in [1.165, 1.54) is 25.7 Å². The van der Waals surface area contributed by atoms with E-state index in [1.807, 2.05) is 0 Å². The molecule has 1 aromatic heterocycles. The molecule has 2 rings (SSSR count). The van der Waals surface area contributed by atoms with Crippen LogP contribution in [0.5, 0.6) is 0 Å². The first-order valence-corrected chi connectivity index (χ1v) is 8.34. The molecule has 118 valence electrons. The highest BCUT2D eigenvalue weighted by molar-refractivity contribution is 5.38. The number of hydrogen-bond donors (Lipinski definition) is 1. The Kier molecular flexibility index (Phi) is 4.60. The molecule has 3 heteroatoms. The summed E-state index contributed by atoms with van der Waals surface area (Å²) in [6, 6.07) is 2.11. The molecular weight excluding hydrogens is 258 g/mol. The van der Waals surface area contributed by atoms with Gasteiger partial charge in [-0.05, 0) is 38.0 Å². The van der Waals surface area contributed by atoms with Gasteiger partial charge >= 0.3 is 0 Å². The Morgan fingerprint density at radius 2 is 1.81 bits per heavy atom. The molecule has 0 aromatic carbocycles. The molecule has 1 aliphatic carbocycles. The largest absolute Gasteiger partial charge is 0.370 e. The van der Waals surface area contributed by atoms with Crippen LogP contribution in [0.2, 0.25) is 0 Å². The average molecular weight is 289 g/mol. The number of nitrogens with one attached hydrogen (secondary N) is 1. The van der Waals surface area contributed by atoms with Crippen LogP contribution in [0.15, 0.2) is 6.07 Å². The molecule has 1 aliphatic rings. The zero-order chi connectivity index (χ0) is 15.7. The minimum absolute atomic E-state index is 0.0653. The summed E-state index contributed by atoms with van der Waals surface area (Å²) in [4.78, 5) is 9.69. The standard InChI is InChI=1S/C18H31N3/c1-7-19-15-12-14(17(2,3)4)20-16(21-15)13-8-10-18(5,6)11-9-13/h12-13H,7-11H2,1-6H3,(H,19,20,21). The van der Waals surface area contributed by atoms with Crippen LogP contribution in [0.3, 0.4) is 0 Å². The molecule has 0 unspecified atom stereocenters. The molecule has 0 atom stereocenters. The van der Waals surface area contributed by atoms with Gasteiger partial charge in [-0.3, -0.25) is 0 Å². The molecule has 3 nitrogen and oxygen atoms in total. The lowest BCUT2D eigenvalue weighted by molar-refractivity contribution is 0.220. The van der Waals surface area contributed by atoms with Crippen molar-refractivity contribution in [1.82, 2.24) is 9.97 Å². The van der Waals surface area contributed by atoms with Crippen molar-refractivity contribution in [2.75, 3.05) is 11.9 Å². The Hall–Kier alpha value is -1.12. The first-order valence-electron chi connectivity index (χ1n) is 8.34. The summed E-state index contributed by atoms with van der Waals surface area (Å²) in [5.74, 6) is 2.56. The van der Waals surface area contributed by atoms with E-state index in [2.05, 4.69) is 52.9 Å². The van der Waals surface area contributed by atoms with Crippen molar-refractivity contribution in [3.05, 3.63) is 17.6 Å². The molecule has 1 saturated carbocycles. The molecule has 0 radical (unpaired) electrons. The van der Waals surface area contributed by atoms with Crippen molar-refractivity contribution in [1.29, 1.82) is 0 Å². The molecule has 1 aromatic rings. The quantitative estimate of drug-likeness (QED) is 0.861. The maximum atomic E-state index is 4.91. The van der Waals surface area contributed by atoms with E-state index in [4.69, 9.17) is 9.97 Å². The van der Waals surface area contributed by atoms with Gasteiger partial charge in [-0.2, -0.15) is 0 Å². The number of anilines is 1. The van der Waals surface area contributed by atoms with Gasteiger partial charge < -0.3 is 5.32 Å². The second kappa shape index (κ2) is 5.94. The molecule has 1 N–H and O–H groups in total. The summed E-state index contributed by atoms with van der Waals surface area (Å²) in [7, 11) is 0. The Balaban J connectivity index is 2.28. The molecule has 21 heavy (non-hydrogen) atoms. The summed E-state index contributed by atoms with van der Waals surface area (Å²) in [5, 5.41) is 3.36. The minimum Gasteiger partial charge on any atom is -0.370 e. The van der Waals surface area contributed by atoms with Crippen LogP contribution < -0.4 is 5.32 Å². The average Bonchev–Trinajstić information content (AvgIpc) is 2.37. The van der Waals surface area contributed by atoms with Crippen LogP contribution in [0.4, 0.5) is 5.82 Å². The monoisotopic (exact) mass is 289 g/mol. The van der Waals surface area contributed by atoms with Crippen LogP contribution >= 0.6 is 0 Å². The van der Waals surface area contributed by atoms with Gasteiger partial charge in [0.2, 0.25) is 0 Å². The van der Waals surface area contributed by atoms with Crippen molar-refractivity contribution in [2.45, 2.75) is 78.6 Å². The van der Waals surface area contributed by atoms with Crippen LogP contribution in [0.25, 0.3) is 0 Å². The van der Waals surface area contributed by atoms with Gasteiger partial charge in [-0.25, -0.2) is 9.97 Å². The molecular formula is C18H31N3. The first kappa shape index (κ1) is 16.3. The van der Waals surface area contributed by atoms with E-state index < -0.39 is 0 Å². The van der Waals surface area contributed by atoms with Gasteiger partial charge in [0.25, 0.3) is 0 Å². The first-order chi connectivity index (χ1) is 9.71. The number of nitrogens with zero attached hydrogens (tertiary/aromatic N) is 2. The third-order valence-electron chi connectivity index (χ3n) is 4.57. The third kappa shape index (κ3) is 4.18. The summed E-state index contributed by atoms with van der Waals surface area (Å²) < 4.78 is 0. The van der Waals surface area contributed by atoms with E-state index >= 15 is 0 Å². The summed E-state index contributed by atoms with van der Waals surface area (Å²) in [6.45, 7) is 14.4. The Morgan fingerprint density at radius 3 is 2.33 bits per heavy atom. The molecule has 0 spiro atoms. The molecule has 0 aliphatic heterocycles. The fraction of sp³-hybridized carbons (Fsp3) is 0.778. The predicted octanol–water partition coefficient (Wildman–Crippen LogP) is 4.89. The second-order valence-corrected chi connectivity index (χ2v) is 8.22. The van der Waals surface area contributed by atoms with Crippen molar-refractivity contribution in [3.8, 4) is 0 Å². The number of aromatic nitrogens is 2. The van der Waals surface area contributed by atoms with Gasteiger partial charge in [0.15, 0.2) is 0 Å². The SMILES string of the molecule is CCNc1cc(C(C)(C)C)nc(C2CCC(C)(C)CC2)n1. The van der Waals surface area contributed by atoms with E-state index in [9.17, 15) is 0 Å². The fourth-order valence-electron chi connectivity index (χ4n) is 2.96. The van der Waals surface area contributed by atoms with Crippen LogP contribution in [0.1, 0.15) is 84.7 Å². The molecule has 1 fully saturated rings. The van der Waals surface area contributed by atoms with Crippen LogP contribution in [0, 0.1) is 5.41 Å². The molecule has 0 saturated heterocycles. The smallest absolute Gasteiger partial charge is 0.134 e. The van der Waals surface area contributed by atoms with E-state index in [0.29, 0.717) is 11.3 Å². The number of rotatable bonds is 3. The van der Waals surface area contributed by atoms with Crippen molar-refractivity contribution >= 4 is 5.82 Å². The van der Waals surface area contributed by atoms with E-state index in [0.717, 1.165) is 23.9 Å².